The fourth-order valence-corrected chi connectivity index (χ4v) is 2.62. The first-order valence-electron chi connectivity index (χ1n) is 7.47. The molecule has 19 heavy (non-hydrogen) atoms. The summed E-state index contributed by atoms with van der Waals surface area (Å²) in [6.07, 6.45) is 4.24. The summed E-state index contributed by atoms with van der Waals surface area (Å²) in [4.78, 5) is 14.1. The van der Waals surface area contributed by atoms with Crippen molar-refractivity contribution in [2.45, 2.75) is 65.5 Å². The number of aliphatic hydroxyl groups is 1. The van der Waals surface area contributed by atoms with Gasteiger partial charge in [0, 0.05) is 18.6 Å². The minimum atomic E-state index is 0.0800. The van der Waals surface area contributed by atoms with E-state index in [1.165, 1.54) is 0 Å². The molecule has 2 N–H and O–H groups in total. The van der Waals surface area contributed by atoms with Crippen LogP contribution in [0.25, 0.3) is 0 Å². The van der Waals surface area contributed by atoms with Crippen molar-refractivity contribution in [2.24, 2.45) is 5.41 Å². The fourth-order valence-electron chi connectivity index (χ4n) is 2.62. The van der Waals surface area contributed by atoms with E-state index in [0.717, 1.165) is 32.2 Å². The van der Waals surface area contributed by atoms with Crippen molar-refractivity contribution in [1.29, 1.82) is 0 Å². The molecule has 2 atom stereocenters. The standard InChI is InChI=1S/C15H30N2O2/c1-12-6-5-7-13(11-18)17(12)10-14(19)16-9-8-15(2,3)4/h12-13,18H,5-11H2,1-4H3,(H,16,19). The third-order valence-electron chi connectivity index (χ3n) is 3.93. The lowest BCUT2D eigenvalue weighted by Gasteiger charge is -2.39. The number of rotatable bonds is 5. The van der Waals surface area contributed by atoms with Gasteiger partial charge in [0.2, 0.25) is 5.91 Å². The number of piperidine rings is 1. The number of nitrogens with one attached hydrogen (secondary N) is 1. The van der Waals surface area contributed by atoms with Gasteiger partial charge in [-0.15, -0.1) is 0 Å². The van der Waals surface area contributed by atoms with Gasteiger partial charge in [-0.2, -0.15) is 0 Å². The number of carbonyl (C=O) groups excluding carboxylic acids is 1. The average Bonchev–Trinajstić information content (AvgIpc) is 2.30. The van der Waals surface area contributed by atoms with Gasteiger partial charge in [-0.05, 0) is 31.6 Å². The second-order valence-electron chi connectivity index (χ2n) is 6.95. The quantitative estimate of drug-likeness (QED) is 0.800. The SMILES string of the molecule is CC1CCCC(CO)N1CC(=O)NCCC(C)(C)C. The highest BCUT2D eigenvalue weighted by molar-refractivity contribution is 5.78. The first-order chi connectivity index (χ1) is 8.83. The smallest absolute Gasteiger partial charge is 0.234 e. The molecule has 1 saturated heterocycles. The van der Waals surface area contributed by atoms with Crippen molar-refractivity contribution >= 4 is 5.91 Å². The molecule has 0 aromatic heterocycles. The Bertz CT molecular complexity index is 286. The van der Waals surface area contributed by atoms with E-state index in [4.69, 9.17) is 0 Å². The molecular weight excluding hydrogens is 240 g/mol. The monoisotopic (exact) mass is 270 g/mol. The molecule has 112 valence electrons. The van der Waals surface area contributed by atoms with Crippen LogP contribution in [0.1, 0.15) is 53.4 Å². The number of likely N-dealkylation sites (tertiary alicyclic amines) is 1. The van der Waals surface area contributed by atoms with E-state index in [1.54, 1.807) is 0 Å². The van der Waals surface area contributed by atoms with Gasteiger partial charge in [0.25, 0.3) is 0 Å². The molecule has 0 aromatic rings. The molecule has 0 aliphatic carbocycles. The zero-order valence-corrected chi connectivity index (χ0v) is 12.9. The number of nitrogens with zero attached hydrogens (tertiary/aromatic N) is 1. The van der Waals surface area contributed by atoms with Crippen LogP contribution in [0.5, 0.6) is 0 Å². The number of amides is 1. The van der Waals surface area contributed by atoms with Gasteiger partial charge in [0.15, 0.2) is 0 Å². The zero-order valence-electron chi connectivity index (χ0n) is 12.9. The van der Waals surface area contributed by atoms with Crippen LogP contribution in [-0.2, 0) is 4.79 Å². The van der Waals surface area contributed by atoms with E-state index in [-0.39, 0.29) is 24.0 Å². The van der Waals surface area contributed by atoms with E-state index in [2.05, 4.69) is 37.9 Å². The number of aliphatic hydroxyl groups excluding tert-OH is 1. The summed E-state index contributed by atoms with van der Waals surface area (Å²) in [6, 6.07) is 0.538. The van der Waals surface area contributed by atoms with Crippen molar-refractivity contribution in [1.82, 2.24) is 10.2 Å². The minimum absolute atomic E-state index is 0.0800. The normalized spacial score (nSPS) is 25.3. The molecule has 0 saturated carbocycles. The summed E-state index contributed by atoms with van der Waals surface area (Å²) >= 11 is 0. The molecule has 1 aliphatic heterocycles. The van der Waals surface area contributed by atoms with Gasteiger partial charge >= 0.3 is 0 Å². The van der Waals surface area contributed by atoms with E-state index < -0.39 is 0 Å². The van der Waals surface area contributed by atoms with Crippen LogP contribution in [0.2, 0.25) is 0 Å². The zero-order chi connectivity index (χ0) is 14.5. The molecule has 1 aliphatic rings. The lowest BCUT2D eigenvalue weighted by molar-refractivity contribution is -0.124. The maximum absolute atomic E-state index is 12.0. The number of carbonyl (C=O) groups is 1. The van der Waals surface area contributed by atoms with Crippen molar-refractivity contribution in [3.8, 4) is 0 Å². The fraction of sp³-hybridized carbons (Fsp3) is 0.933. The van der Waals surface area contributed by atoms with Gasteiger partial charge in [-0.1, -0.05) is 27.2 Å². The first-order valence-corrected chi connectivity index (χ1v) is 7.47. The average molecular weight is 270 g/mol. The third kappa shape index (κ3) is 5.91. The number of hydrogen-bond donors (Lipinski definition) is 2. The Hall–Kier alpha value is -0.610. The van der Waals surface area contributed by atoms with Crippen LogP contribution in [0.4, 0.5) is 0 Å². The molecular formula is C15H30N2O2. The Morgan fingerprint density at radius 1 is 1.37 bits per heavy atom. The van der Waals surface area contributed by atoms with Crippen LogP contribution in [0.15, 0.2) is 0 Å². The van der Waals surface area contributed by atoms with Crippen LogP contribution in [0.3, 0.4) is 0 Å². The largest absolute Gasteiger partial charge is 0.395 e. The number of hydrogen-bond acceptors (Lipinski definition) is 3. The topological polar surface area (TPSA) is 52.6 Å². The molecule has 4 nitrogen and oxygen atoms in total. The molecule has 0 aromatic carbocycles. The minimum Gasteiger partial charge on any atom is -0.395 e. The second-order valence-corrected chi connectivity index (χ2v) is 6.95. The summed E-state index contributed by atoms with van der Waals surface area (Å²) in [5.74, 6) is 0.0800. The van der Waals surface area contributed by atoms with Gasteiger partial charge in [-0.25, -0.2) is 0 Å². The Kier molecular flexibility index (Phi) is 6.27. The van der Waals surface area contributed by atoms with E-state index in [9.17, 15) is 9.90 Å². The van der Waals surface area contributed by atoms with E-state index >= 15 is 0 Å². The first kappa shape index (κ1) is 16.4. The Morgan fingerprint density at radius 3 is 2.63 bits per heavy atom. The summed E-state index contributed by atoms with van der Waals surface area (Å²) in [5, 5.41) is 12.4. The Morgan fingerprint density at radius 2 is 2.05 bits per heavy atom. The van der Waals surface area contributed by atoms with Crippen molar-refractivity contribution < 1.29 is 9.90 Å². The van der Waals surface area contributed by atoms with Gasteiger partial charge < -0.3 is 10.4 Å². The Balaban J connectivity index is 2.37. The van der Waals surface area contributed by atoms with E-state index in [1.807, 2.05) is 0 Å². The lowest BCUT2D eigenvalue weighted by Crippen LogP contribution is -2.51. The van der Waals surface area contributed by atoms with Gasteiger partial charge in [0.05, 0.1) is 13.2 Å². The predicted molar refractivity (Wildman–Crippen MR) is 78.0 cm³/mol. The summed E-state index contributed by atoms with van der Waals surface area (Å²) in [7, 11) is 0. The molecule has 0 spiro atoms. The molecule has 1 fully saturated rings. The molecule has 4 heteroatoms. The highest BCUT2D eigenvalue weighted by atomic mass is 16.3. The van der Waals surface area contributed by atoms with Crippen LogP contribution in [0, 0.1) is 5.41 Å². The van der Waals surface area contributed by atoms with Crippen molar-refractivity contribution in [3.05, 3.63) is 0 Å². The molecule has 0 bridgehead atoms. The highest BCUT2D eigenvalue weighted by Crippen LogP contribution is 2.22. The molecule has 2 unspecified atom stereocenters. The lowest BCUT2D eigenvalue weighted by atomic mass is 9.92. The summed E-state index contributed by atoms with van der Waals surface area (Å²) in [6.45, 7) is 9.96. The predicted octanol–water partition coefficient (Wildman–Crippen LogP) is 1.77. The highest BCUT2D eigenvalue weighted by Gasteiger charge is 2.28. The van der Waals surface area contributed by atoms with Gasteiger partial charge in [-0.3, -0.25) is 9.69 Å². The van der Waals surface area contributed by atoms with E-state index in [0.29, 0.717) is 12.6 Å². The summed E-state index contributed by atoms with van der Waals surface area (Å²) < 4.78 is 0. The van der Waals surface area contributed by atoms with Crippen molar-refractivity contribution in [2.75, 3.05) is 19.7 Å². The van der Waals surface area contributed by atoms with Gasteiger partial charge in [0.1, 0.15) is 0 Å². The molecule has 1 rings (SSSR count). The van der Waals surface area contributed by atoms with Crippen molar-refractivity contribution in [3.63, 3.8) is 0 Å². The van der Waals surface area contributed by atoms with Crippen LogP contribution in [-0.4, -0.2) is 47.7 Å². The Labute approximate surface area is 117 Å². The molecule has 0 radical (unpaired) electrons. The molecule has 1 amide bonds. The third-order valence-corrected chi connectivity index (χ3v) is 3.93. The maximum Gasteiger partial charge on any atom is 0.234 e. The van der Waals surface area contributed by atoms with Crippen LogP contribution >= 0.6 is 0 Å². The van der Waals surface area contributed by atoms with Crippen LogP contribution < -0.4 is 5.32 Å². The molecule has 1 heterocycles. The second kappa shape index (κ2) is 7.25. The maximum atomic E-state index is 12.0. The summed E-state index contributed by atoms with van der Waals surface area (Å²) in [5.41, 5.74) is 0.249.